The fourth-order valence-electron chi connectivity index (χ4n) is 2.74. The van der Waals surface area contributed by atoms with Crippen molar-refractivity contribution in [2.45, 2.75) is 25.9 Å². The van der Waals surface area contributed by atoms with Gasteiger partial charge in [-0.05, 0) is 24.1 Å². The Morgan fingerprint density at radius 3 is 2.90 bits per heavy atom. The van der Waals surface area contributed by atoms with Crippen LogP contribution in [0.4, 0.5) is 0 Å². The number of H-pyrrole nitrogens is 1. The second kappa shape index (κ2) is 4.67. The lowest BCUT2D eigenvalue weighted by Gasteiger charge is -2.16. The molecule has 1 amide bonds. The number of amides is 1. The minimum Gasteiger partial charge on any atom is -0.451 e. The van der Waals surface area contributed by atoms with Gasteiger partial charge in [-0.25, -0.2) is 4.99 Å². The van der Waals surface area contributed by atoms with Gasteiger partial charge in [-0.1, -0.05) is 19.1 Å². The van der Waals surface area contributed by atoms with Crippen LogP contribution in [0.1, 0.15) is 24.0 Å². The Labute approximate surface area is 117 Å². The Hall–Kier alpha value is -2.30. The average Bonchev–Trinajstić information content (AvgIpc) is 3.02. The number of aliphatic imine (C=N–C) groups is 1. The first kappa shape index (κ1) is 12.7. The van der Waals surface area contributed by atoms with Crippen LogP contribution in [-0.4, -0.2) is 30.1 Å². The highest BCUT2D eigenvalue weighted by Gasteiger charge is 2.36. The normalized spacial score (nSPS) is 22.1. The van der Waals surface area contributed by atoms with Gasteiger partial charge in [0.05, 0.1) is 0 Å². The topological polar surface area (TPSA) is 66.5 Å². The molecule has 0 radical (unpaired) electrons. The number of aryl methyl sites for hydroxylation is 1. The van der Waals surface area contributed by atoms with Gasteiger partial charge in [0.2, 0.25) is 0 Å². The van der Waals surface area contributed by atoms with Crippen molar-refractivity contribution < 1.29 is 9.53 Å². The molecule has 2 N–H and O–H groups in total. The Bertz CT molecular complexity index is 702. The fraction of sp³-hybridized carbons (Fsp3) is 0.333. The number of benzene rings is 1. The number of aromatic nitrogens is 1. The number of amidine groups is 1. The number of carbonyl (C=O) groups is 1. The van der Waals surface area contributed by atoms with Gasteiger partial charge in [-0.3, -0.25) is 10.1 Å². The highest BCUT2D eigenvalue weighted by molar-refractivity contribution is 6.03. The van der Waals surface area contributed by atoms with E-state index in [1.807, 2.05) is 25.3 Å². The maximum absolute atomic E-state index is 12.0. The minimum atomic E-state index is -0.535. The van der Waals surface area contributed by atoms with Crippen molar-refractivity contribution in [1.82, 2.24) is 10.3 Å². The molecule has 1 fully saturated rings. The Balaban J connectivity index is 2.01. The van der Waals surface area contributed by atoms with Gasteiger partial charge < -0.3 is 9.72 Å². The van der Waals surface area contributed by atoms with Crippen LogP contribution in [0.5, 0.6) is 0 Å². The molecule has 0 saturated carbocycles. The van der Waals surface area contributed by atoms with E-state index in [1.165, 1.54) is 10.9 Å². The van der Waals surface area contributed by atoms with E-state index in [-0.39, 0.29) is 11.8 Å². The summed E-state index contributed by atoms with van der Waals surface area (Å²) < 4.78 is 5.57. The fourth-order valence-corrected chi connectivity index (χ4v) is 2.74. The molecule has 1 aromatic carbocycles. The van der Waals surface area contributed by atoms with Crippen molar-refractivity contribution in [3.05, 3.63) is 35.5 Å². The summed E-state index contributed by atoms with van der Waals surface area (Å²) >= 11 is 0. The largest absolute Gasteiger partial charge is 0.451 e. The second-order valence-corrected chi connectivity index (χ2v) is 5.09. The van der Waals surface area contributed by atoms with E-state index in [1.54, 1.807) is 7.05 Å². The minimum absolute atomic E-state index is 0.0518. The molecule has 2 heterocycles. The molecule has 0 bridgehead atoms. The lowest BCUT2D eigenvalue weighted by molar-refractivity contribution is -0.124. The number of fused-ring (bicyclic) bond motifs is 1. The standard InChI is InChI=1S/C15H17N3O2/c1-8-5-4-6-11-12(8)10(7-17-11)9(2)13-14(19)18-15(16-3)20-13/h4-7,9,13,17H,1-3H3,(H,16,18,19)/t9-,13+/m0/s1. The molecule has 1 aliphatic heterocycles. The van der Waals surface area contributed by atoms with Gasteiger partial charge in [-0.2, -0.15) is 0 Å². The van der Waals surface area contributed by atoms with Crippen LogP contribution in [0.3, 0.4) is 0 Å². The number of carbonyl (C=O) groups excluding carboxylic acids is 1. The van der Waals surface area contributed by atoms with Gasteiger partial charge >= 0.3 is 0 Å². The van der Waals surface area contributed by atoms with E-state index in [2.05, 4.69) is 28.3 Å². The maximum Gasteiger partial charge on any atom is 0.292 e. The van der Waals surface area contributed by atoms with Crippen LogP contribution >= 0.6 is 0 Å². The Morgan fingerprint density at radius 2 is 2.20 bits per heavy atom. The molecule has 1 aliphatic rings. The average molecular weight is 271 g/mol. The number of hydrogen-bond donors (Lipinski definition) is 2. The van der Waals surface area contributed by atoms with Crippen LogP contribution < -0.4 is 5.32 Å². The number of nitrogens with one attached hydrogen (secondary N) is 2. The number of aromatic amines is 1. The Kier molecular flexibility index (Phi) is 2.97. The van der Waals surface area contributed by atoms with Gasteiger partial charge in [0.15, 0.2) is 6.10 Å². The summed E-state index contributed by atoms with van der Waals surface area (Å²) in [5.41, 5.74) is 3.36. The van der Waals surface area contributed by atoms with Crippen molar-refractivity contribution in [2.24, 2.45) is 4.99 Å². The first-order valence-corrected chi connectivity index (χ1v) is 6.62. The molecular formula is C15H17N3O2. The molecule has 0 unspecified atom stereocenters. The summed E-state index contributed by atoms with van der Waals surface area (Å²) in [6.45, 7) is 4.07. The van der Waals surface area contributed by atoms with E-state index >= 15 is 0 Å². The first-order chi connectivity index (χ1) is 9.61. The highest BCUT2D eigenvalue weighted by Crippen LogP contribution is 2.32. The molecule has 5 heteroatoms. The summed E-state index contributed by atoms with van der Waals surface area (Å²) in [5, 5.41) is 3.80. The van der Waals surface area contributed by atoms with Crippen molar-refractivity contribution in [3.63, 3.8) is 0 Å². The lowest BCUT2D eigenvalue weighted by Crippen LogP contribution is -2.28. The van der Waals surface area contributed by atoms with Crippen LogP contribution in [-0.2, 0) is 9.53 Å². The van der Waals surface area contributed by atoms with Gasteiger partial charge in [0.25, 0.3) is 11.9 Å². The summed E-state index contributed by atoms with van der Waals surface area (Å²) in [6, 6.07) is 6.42. The van der Waals surface area contributed by atoms with Crippen LogP contribution in [0.15, 0.2) is 29.4 Å². The number of rotatable bonds is 2. The third-order valence-corrected chi connectivity index (χ3v) is 3.82. The molecule has 2 atom stereocenters. The molecule has 0 aliphatic carbocycles. The smallest absolute Gasteiger partial charge is 0.292 e. The monoisotopic (exact) mass is 271 g/mol. The molecule has 0 spiro atoms. The van der Waals surface area contributed by atoms with Crippen molar-refractivity contribution >= 4 is 22.8 Å². The molecule has 2 aromatic rings. The molecule has 5 nitrogen and oxygen atoms in total. The second-order valence-electron chi connectivity index (χ2n) is 5.09. The molecular weight excluding hydrogens is 254 g/mol. The predicted molar refractivity (Wildman–Crippen MR) is 77.8 cm³/mol. The molecule has 104 valence electrons. The SMILES string of the molecule is CN=C1NC(=O)[C@@H]([C@@H](C)c2c[nH]c3cccc(C)c23)O1. The van der Waals surface area contributed by atoms with E-state index in [9.17, 15) is 4.79 Å². The van der Waals surface area contributed by atoms with Gasteiger partial charge in [-0.15, -0.1) is 0 Å². The third-order valence-electron chi connectivity index (χ3n) is 3.82. The molecule has 20 heavy (non-hydrogen) atoms. The first-order valence-electron chi connectivity index (χ1n) is 6.62. The van der Waals surface area contributed by atoms with E-state index in [4.69, 9.17) is 4.74 Å². The molecule has 3 rings (SSSR count). The predicted octanol–water partition coefficient (Wildman–Crippen LogP) is 2.08. The van der Waals surface area contributed by atoms with Gasteiger partial charge in [0.1, 0.15) is 0 Å². The highest BCUT2D eigenvalue weighted by atomic mass is 16.5. The summed E-state index contributed by atoms with van der Waals surface area (Å²) in [4.78, 5) is 19.1. The van der Waals surface area contributed by atoms with E-state index in [0.29, 0.717) is 6.02 Å². The van der Waals surface area contributed by atoms with Crippen LogP contribution in [0.25, 0.3) is 10.9 Å². The molecule has 1 aromatic heterocycles. The molecule has 1 saturated heterocycles. The zero-order chi connectivity index (χ0) is 14.3. The Morgan fingerprint density at radius 1 is 1.40 bits per heavy atom. The third kappa shape index (κ3) is 1.86. The summed E-state index contributed by atoms with van der Waals surface area (Å²) in [5.74, 6) is -0.190. The van der Waals surface area contributed by atoms with Crippen LogP contribution in [0, 0.1) is 6.92 Å². The zero-order valence-electron chi connectivity index (χ0n) is 11.7. The maximum atomic E-state index is 12.0. The summed E-state index contributed by atoms with van der Waals surface area (Å²) in [6.07, 6.45) is 1.42. The summed E-state index contributed by atoms with van der Waals surface area (Å²) in [7, 11) is 1.60. The number of hydrogen-bond acceptors (Lipinski definition) is 3. The number of ether oxygens (including phenoxy) is 1. The van der Waals surface area contributed by atoms with Crippen molar-refractivity contribution in [2.75, 3.05) is 7.05 Å². The van der Waals surface area contributed by atoms with Crippen LogP contribution in [0.2, 0.25) is 0 Å². The zero-order valence-corrected chi connectivity index (χ0v) is 11.7. The van der Waals surface area contributed by atoms with E-state index in [0.717, 1.165) is 11.1 Å². The van der Waals surface area contributed by atoms with E-state index < -0.39 is 6.10 Å². The number of nitrogens with zero attached hydrogens (tertiary/aromatic N) is 1. The van der Waals surface area contributed by atoms with Crippen molar-refractivity contribution in [3.8, 4) is 0 Å². The quantitative estimate of drug-likeness (QED) is 0.878. The van der Waals surface area contributed by atoms with Gasteiger partial charge in [0, 0.05) is 30.1 Å². The van der Waals surface area contributed by atoms with Crippen molar-refractivity contribution in [1.29, 1.82) is 0 Å². The lowest BCUT2D eigenvalue weighted by atomic mass is 9.93.